The number of carbonyl (C=O) groups excluding carboxylic acids is 1. The van der Waals surface area contributed by atoms with E-state index >= 15 is 0 Å². The molecule has 2 unspecified atom stereocenters. The molecule has 1 aromatic rings. The summed E-state index contributed by atoms with van der Waals surface area (Å²) in [6.45, 7) is 2.81. The quantitative estimate of drug-likeness (QED) is 0.747. The molecule has 1 N–H and O–H groups in total. The number of thioether (sulfide) groups is 1. The predicted octanol–water partition coefficient (Wildman–Crippen LogP) is 3.43. The summed E-state index contributed by atoms with van der Waals surface area (Å²) < 4.78 is 0. The molecule has 1 aliphatic heterocycles. The summed E-state index contributed by atoms with van der Waals surface area (Å²) in [5.41, 5.74) is 1.18. The minimum atomic E-state index is -0.0771. The van der Waals surface area contributed by atoms with Crippen LogP contribution in [0.15, 0.2) is 30.3 Å². The third-order valence-electron chi connectivity index (χ3n) is 3.99. The van der Waals surface area contributed by atoms with Gasteiger partial charge in [0.05, 0.1) is 6.04 Å². The second kappa shape index (κ2) is 8.44. The fraction of sp³-hybridized carbons (Fsp3) is 0.588. The Bertz CT molecular complexity index is 438. The molecule has 1 aromatic carbocycles. The zero-order valence-corrected chi connectivity index (χ0v) is 13.9. The molecule has 3 nitrogen and oxygen atoms in total. The topological polar surface area (TPSA) is 32.3 Å². The van der Waals surface area contributed by atoms with Crippen LogP contribution in [0.1, 0.15) is 44.3 Å². The standard InChI is InChI=1S/C17H26N2OS/c1-14-17(20)19(12-8-3-4-9-13-21-2)16(18-14)15-10-6-5-7-11-15/h5-7,10-11,14,16,18H,3-4,8-9,12-13H2,1-2H3. The molecule has 0 bridgehead atoms. The number of hydrogen-bond acceptors (Lipinski definition) is 3. The second-order valence-corrected chi connectivity index (χ2v) is 6.63. The third-order valence-corrected chi connectivity index (χ3v) is 4.68. The lowest BCUT2D eigenvalue weighted by Crippen LogP contribution is -2.31. The molecule has 4 heteroatoms. The molecule has 21 heavy (non-hydrogen) atoms. The molecular formula is C17H26N2OS. The van der Waals surface area contributed by atoms with Gasteiger partial charge in [-0.15, -0.1) is 0 Å². The van der Waals surface area contributed by atoms with Gasteiger partial charge in [-0.1, -0.05) is 43.2 Å². The van der Waals surface area contributed by atoms with Gasteiger partial charge in [-0.25, -0.2) is 0 Å². The number of rotatable bonds is 8. The maximum atomic E-state index is 12.3. The molecule has 2 atom stereocenters. The van der Waals surface area contributed by atoms with Crippen LogP contribution in [0.2, 0.25) is 0 Å². The van der Waals surface area contributed by atoms with Gasteiger partial charge in [-0.05, 0) is 37.3 Å². The molecule has 1 amide bonds. The van der Waals surface area contributed by atoms with Crippen molar-refractivity contribution in [2.75, 3.05) is 18.6 Å². The van der Waals surface area contributed by atoms with Crippen LogP contribution in [0.4, 0.5) is 0 Å². The normalized spacial score (nSPS) is 22.0. The van der Waals surface area contributed by atoms with E-state index in [1.165, 1.54) is 30.6 Å². The molecule has 0 saturated carbocycles. The van der Waals surface area contributed by atoms with Crippen LogP contribution in [0.5, 0.6) is 0 Å². The lowest BCUT2D eigenvalue weighted by Gasteiger charge is -2.24. The Labute approximate surface area is 132 Å². The Hall–Kier alpha value is -1.00. The predicted molar refractivity (Wildman–Crippen MR) is 90.3 cm³/mol. The molecule has 0 radical (unpaired) electrons. The average Bonchev–Trinajstić information content (AvgIpc) is 2.80. The maximum Gasteiger partial charge on any atom is 0.241 e. The maximum absolute atomic E-state index is 12.3. The largest absolute Gasteiger partial charge is 0.322 e. The first-order chi connectivity index (χ1) is 10.2. The highest BCUT2D eigenvalue weighted by molar-refractivity contribution is 7.98. The van der Waals surface area contributed by atoms with E-state index in [0.717, 1.165) is 13.0 Å². The molecule has 0 spiro atoms. The second-order valence-electron chi connectivity index (χ2n) is 5.64. The number of nitrogens with zero attached hydrogens (tertiary/aromatic N) is 1. The zero-order chi connectivity index (χ0) is 15.1. The van der Waals surface area contributed by atoms with Gasteiger partial charge in [0.2, 0.25) is 5.91 Å². The molecule has 1 aliphatic rings. The Morgan fingerprint density at radius 3 is 2.57 bits per heavy atom. The van der Waals surface area contributed by atoms with Crippen molar-refractivity contribution >= 4 is 17.7 Å². The smallest absolute Gasteiger partial charge is 0.241 e. The monoisotopic (exact) mass is 306 g/mol. The zero-order valence-electron chi connectivity index (χ0n) is 13.0. The Kier molecular flexibility index (Phi) is 6.58. The van der Waals surface area contributed by atoms with E-state index < -0.39 is 0 Å². The van der Waals surface area contributed by atoms with Crippen molar-refractivity contribution in [3.05, 3.63) is 35.9 Å². The first-order valence-corrected chi connectivity index (χ1v) is 9.24. The highest BCUT2D eigenvalue weighted by Gasteiger charge is 2.36. The average molecular weight is 306 g/mol. The van der Waals surface area contributed by atoms with Gasteiger partial charge in [0.1, 0.15) is 6.17 Å². The lowest BCUT2D eigenvalue weighted by atomic mass is 10.1. The van der Waals surface area contributed by atoms with Crippen molar-refractivity contribution < 1.29 is 4.79 Å². The molecule has 2 rings (SSSR count). The van der Waals surface area contributed by atoms with Gasteiger partial charge in [0.25, 0.3) is 0 Å². The van der Waals surface area contributed by atoms with E-state index in [4.69, 9.17) is 0 Å². The Morgan fingerprint density at radius 2 is 1.86 bits per heavy atom. The van der Waals surface area contributed by atoms with Gasteiger partial charge in [-0.2, -0.15) is 11.8 Å². The van der Waals surface area contributed by atoms with Gasteiger partial charge in [0, 0.05) is 6.54 Å². The van der Waals surface area contributed by atoms with Crippen LogP contribution in [0.3, 0.4) is 0 Å². The van der Waals surface area contributed by atoms with Gasteiger partial charge >= 0.3 is 0 Å². The number of nitrogens with one attached hydrogen (secondary N) is 1. The molecule has 1 heterocycles. The molecule has 0 aromatic heterocycles. The van der Waals surface area contributed by atoms with Crippen LogP contribution >= 0.6 is 11.8 Å². The first-order valence-electron chi connectivity index (χ1n) is 7.84. The number of carbonyl (C=O) groups is 1. The molecule has 1 fully saturated rings. The van der Waals surface area contributed by atoms with Gasteiger partial charge in [0.15, 0.2) is 0 Å². The number of unbranched alkanes of at least 4 members (excludes halogenated alkanes) is 3. The van der Waals surface area contributed by atoms with Crippen molar-refractivity contribution in [2.24, 2.45) is 0 Å². The van der Waals surface area contributed by atoms with Crippen molar-refractivity contribution in [1.82, 2.24) is 10.2 Å². The van der Waals surface area contributed by atoms with E-state index in [9.17, 15) is 4.79 Å². The SMILES string of the molecule is CSCCCCCCN1C(=O)C(C)NC1c1ccccc1. The molecule has 0 aliphatic carbocycles. The minimum absolute atomic E-state index is 0.0416. The van der Waals surface area contributed by atoms with Crippen molar-refractivity contribution in [3.63, 3.8) is 0 Å². The van der Waals surface area contributed by atoms with Crippen molar-refractivity contribution in [3.8, 4) is 0 Å². The van der Waals surface area contributed by atoms with E-state index in [2.05, 4.69) is 23.7 Å². The molecule has 116 valence electrons. The minimum Gasteiger partial charge on any atom is -0.322 e. The lowest BCUT2D eigenvalue weighted by molar-refractivity contribution is -0.129. The first kappa shape index (κ1) is 16.4. The summed E-state index contributed by atoms with van der Waals surface area (Å²) in [6.07, 6.45) is 7.05. The van der Waals surface area contributed by atoms with Crippen LogP contribution in [0, 0.1) is 0 Å². The van der Waals surface area contributed by atoms with E-state index in [1.54, 1.807) is 0 Å². The highest BCUT2D eigenvalue weighted by atomic mass is 32.2. The van der Waals surface area contributed by atoms with Gasteiger partial charge < -0.3 is 4.90 Å². The Balaban J connectivity index is 1.87. The Morgan fingerprint density at radius 1 is 1.14 bits per heavy atom. The number of hydrogen-bond donors (Lipinski definition) is 1. The number of benzene rings is 1. The summed E-state index contributed by atoms with van der Waals surface area (Å²) in [5.74, 6) is 1.47. The van der Waals surface area contributed by atoms with E-state index in [1.807, 2.05) is 41.8 Å². The summed E-state index contributed by atoms with van der Waals surface area (Å²) in [7, 11) is 0. The van der Waals surface area contributed by atoms with Crippen LogP contribution in [-0.2, 0) is 4.79 Å². The van der Waals surface area contributed by atoms with E-state index in [0.29, 0.717) is 0 Å². The molecule has 1 saturated heterocycles. The molecular weight excluding hydrogens is 280 g/mol. The van der Waals surface area contributed by atoms with Crippen LogP contribution < -0.4 is 5.32 Å². The van der Waals surface area contributed by atoms with Gasteiger partial charge in [-0.3, -0.25) is 10.1 Å². The summed E-state index contributed by atoms with van der Waals surface area (Å²) >= 11 is 1.91. The van der Waals surface area contributed by atoms with Crippen molar-refractivity contribution in [2.45, 2.75) is 44.8 Å². The van der Waals surface area contributed by atoms with Crippen molar-refractivity contribution in [1.29, 1.82) is 0 Å². The number of amides is 1. The third kappa shape index (κ3) is 4.48. The van der Waals surface area contributed by atoms with Crippen LogP contribution in [0.25, 0.3) is 0 Å². The fourth-order valence-electron chi connectivity index (χ4n) is 2.81. The summed E-state index contributed by atoms with van der Waals surface area (Å²) in [6, 6.07) is 10.2. The van der Waals surface area contributed by atoms with Crippen LogP contribution in [-0.4, -0.2) is 35.4 Å². The fourth-order valence-corrected chi connectivity index (χ4v) is 3.30. The highest BCUT2D eigenvalue weighted by Crippen LogP contribution is 2.25. The summed E-state index contributed by atoms with van der Waals surface area (Å²) in [4.78, 5) is 14.3. The summed E-state index contributed by atoms with van der Waals surface area (Å²) in [5, 5.41) is 3.40. The van der Waals surface area contributed by atoms with E-state index in [-0.39, 0.29) is 18.1 Å².